The molecule has 22 heavy (non-hydrogen) atoms. The van der Waals surface area contributed by atoms with E-state index in [1.54, 1.807) is 13.2 Å². The minimum absolute atomic E-state index is 0.211. The second-order valence-corrected chi connectivity index (χ2v) is 5.41. The van der Waals surface area contributed by atoms with E-state index in [0.717, 1.165) is 5.56 Å². The molecular formula is C16H23NO5. The summed E-state index contributed by atoms with van der Waals surface area (Å²) in [4.78, 5) is 11.5. The second kappa shape index (κ2) is 6.87. The zero-order valence-corrected chi connectivity index (χ0v) is 13.3. The molecule has 0 aliphatic carbocycles. The van der Waals surface area contributed by atoms with E-state index < -0.39 is 11.4 Å². The number of carbonyl (C=O) groups is 1. The van der Waals surface area contributed by atoms with E-state index in [9.17, 15) is 9.90 Å². The Hall–Kier alpha value is -1.95. The van der Waals surface area contributed by atoms with Crippen molar-refractivity contribution in [3.63, 3.8) is 0 Å². The molecule has 0 aromatic heterocycles. The summed E-state index contributed by atoms with van der Waals surface area (Å²) in [5.74, 6) is 1.30. The van der Waals surface area contributed by atoms with Crippen molar-refractivity contribution in [2.45, 2.75) is 33.2 Å². The van der Waals surface area contributed by atoms with Gasteiger partial charge in [0.1, 0.15) is 5.75 Å². The Morgan fingerprint density at radius 1 is 1.32 bits per heavy atom. The van der Waals surface area contributed by atoms with Crippen molar-refractivity contribution in [1.82, 2.24) is 5.32 Å². The monoisotopic (exact) mass is 309 g/mol. The van der Waals surface area contributed by atoms with Crippen LogP contribution >= 0.6 is 0 Å². The van der Waals surface area contributed by atoms with Gasteiger partial charge in [0.25, 0.3) is 0 Å². The SMILES string of the molecule is CCC(CC)(CNCc1cc2c(cc1OC)OCO2)C(=O)O. The maximum Gasteiger partial charge on any atom is 0.310 e. The van der Waals surface area contributed by atoms with Gasteiger partial charge in [-0.15, -0.1) is 0 Å². The van der Waals surface area contributed by atoms with Crippen LogP contribution in [0.2, 0.25) is 0 Å². The molecule has 0 saturated carbocycles. The summed E-state index contributed by atoms with van der Waals surface area (Å²) in [5, 5.41) is 12.7. The molecule has 0 spiro atoms. The van der Waals surface area contributed by atoms with Gasteiger partial charge in [-0.25, -0.2) is 0 Å². The van der Waals surface area contributed by atoms with Gasteiger partial charge in [-0.2, -0.15) is 0 Å². The summed E-state index contributed by atoms with van der Waals surface area (Å²) in [6.07, 6.45) is 1.17. The number of hydrogen-bond acceptors (Lipinski definition) is 5. The maximum atomic E-state index is 11.5. The molecule has 0 amide bonds. The van der Waals surface area contributed by atoms with Gasteiger partial charge < -0.3 is 24.6 Å². The third kappa shape index (κ3) is 3.11. The van der Waals surface area contributed by atoms with Crippen molar-refractivity contribution in [1.29, 1.82) is 0 Å². The van der Waals surface area contributed by atoms with E-state index in [0.29, 0.717) is 43.2 Å². The molecule has 0 saturated heterocycles. The Kier molecular flexibility index (Phi) is 5.13. The van der Waals surface area contributed by atoms with E-state index in [4.69, 9.17) is 14.2 Å². The van der Waals surface area contributed by atoms with E-state index in [-0.39, 0.29) is 6.79 Å². The molecule has 0 atom stereocenters. The zero-order chi connectivity index (χ0) is 16.2. The topological polar surface area (TPSA) is 77.0 Å². The van der Waals surface area contributed by atoms with Crippen LogP contribution in [0.4, 0.5) is 0 Å². The first-order chi connectivity index (χ1) is 10.6. The van der Waals surface area contributed by atoms with Crippen molar-refractivity contribution in [3.8, 4) is 17.2 Å². The lowest BCUT2D eigenvalue weighted by Crippen LogP contribution is -2.40. The largest absolute Gasteiger partial charge is 0.496 e. The third-order valence-corrected chi connectivity index (χ3v) is 4.36. The summed E-state index contributed by atoms with van der Waals surface area (Å²) in [7, 11) is 1.60. The van der Waals surface area contributed by atoms with E-state index in [1.165, 1.54) is 0 Å². The fourth-order valence-electron chi connectivity index (χ4n) is 2.61. The number of ether oxygens (including phenoxy) is 3. The lowest BCUT2D eigenvalue weighted by molar-refractivity contribution is -0.149. The van der Waals surface area contributed by atoms with Crippen LogP contribution in [0.1, 0.15) is 32.3 Å². The highest BCUT2D eigenvalue weighted by atomic mass is 16.7. The minimum atomic E-state index is -0.761. The van der Waals surface area contributed by atoms with Crippen LogP contribution in [-0.2, 0) is 11.3 Å². The van der Waals surface area contributed by atoms with Crippen LogP contribution in [0, 0.1) is 5.41 Å². The smallest absolute Gasteiger partial charge is 0.310 e. The zero-order valence-electron chi connectivity index (χ0n) is 13.3. The fourth-order valence-corrected chi connectivity index (χ4v) is 2.61. The second-order valence-electron chi connectivity index (χ2n) is 5.41. The third-order valence-electron chi connectivity index (χ3n) is 4.36. The number of methoxy groups -OCH3 is 1. The summed E-state index contributed by atoms with van der Waals surface area (Å²) >= 11 is 0. The van der Waals surface area contributed by atoms with Gasteiger partial charge in [0.2, 0.25) is 6.79 Å². The Bertz CT molecular complexity index is 540. The molecule has 0 radical (unpaired) electrons. The van der Waals surface area contributed by atoms with Gasteiger partial charge in [-0.1, -0.05) is 13.8 Å². The van der Waals surface area contributed by atoms with Gasteiger partial charge in [-0.3, -0.25) is 4.79 Å². The molecule has 6 nitrogen and oxygen atoms in total. The van der Waals surface area contributed by atoms with Crippen molar-refractivity contribution >= 4 is 5.97 Å². The normalized spacial score (nSPS) is 13.2. The lowest BCUT2D eigenvalue weighted by atomic mass is 9.82. The first-order valence-electron chi connectivity index (χ1n) is 7.47. The molecule has 2 rings (SSSR count). The number of hydrogen-bond donors (Lipinski definition) is 2. The van der Waals surface area contributed by atoms with Crippen LogP contribution in [-0.4, -0.2) is 31.5 Å². The first-order valence-corrected chi connectivity index (χ1v) is 7.47. The van der Waals surface area contributed by atoms with Gasteiger partial charge >= 0.3 is 5.97 Å². The number of rotatable bonds is 8. The molecule has 1 aliphatic heterocycles. The average Bonchev–Trinajstić information content (AvgIpc) is 2.97. The van der Waals surface area contributed by atoms with Gasteiger partial charge in [-0.05, 0) is 18.9 Å². The average molecular weight is 309 g/mol. The van der Waals surface area contributed by atoms with Gasteiger partial charge in [0.15, 0.2) is 11.5 Å². The Morgan fingerprint density at radius 2 is 1.95 bits per heavy atom. The molecule has 6 heteroatoms. The van der Waals surface area contributed by atoms with Crippen LogP contribution in [0.3, 0.4) is 0 Å². The highest BCUT2D eigenvalue weighted by Crippen LogP contribution is 2.38. The first kappa shape index (κ1) is 16.4. The lowest BCUT2D eigenvalue weighted by Gasteiger charge is -2.27. The van der Waals surface area contributed by atoms with Crippen LogP contribution < -0.4 is 19.5 Å². The predicted molar refractivity (Wildman–Crippen MR) is 81.5 cm³/mol. The van der Waals surface area contributed by atoms with Crippen LogP contribution in [0.25, 0.3) is 0 Å². The predicted octanol–water partition coefficient (Wildman–Crippen LogP) is 2.40. The highest BCUT2D eigenvalue weighted by molar-refractivity contribution is 5.74. The number of nitrogens with one attached hydrogen (secondary N) is 1. The molecule has 0 fully saturated rings. The fraction of sp³-hybridized carbons (Fsp3) is 0.562. The minimum Gasteiger partial charge on any atom is -0.496 e. The maximum absolute atomic E-state index is 11.5. The number of fused-ring (bicyclic) bond motifs is 1. The van der Waals surface area contributed by atoms with Crippen molar-refractivity contribution in [2.24, 2.45) is 5.41 Å². The number of carboxylic acids is 1. The molecule has 0 bridgehead atoms. The summed E-state index contributed by atoms with van der Waals surface area (Å²) in [6.45, 7) is 4.94. The van der Waals surface area contributed by atoms with Gasteiger partial charge in [0.05, 0.1) is 12.5 Å². The van der Waals surface area contributed by atoms with Crippen molar-refractivity contribution < 1.29 is 24.1 Å². The number of benzene rings is 1. The summed E-state index contributed by atoms with van der Waals surface area (Å²) in [5.41, 5.74) is 0.182. The van der Waals surface area contributed by atoms with Crippen LogP contribution in [0.15, 0.2) is 12.1 Å². The molecule has 1 aliphatic rings. The van der Waals surface area contributed by atoms with E-state index in [1.807, 2.05) is 19.9 Å². The molecule has 122 valence electrons. The van der Waals surface area contributed by atoms with Crippen molar-refractivity contribution in [2.75, 3.05) is 20.4 Å². The van der Waals surface area contributed by atoms with E-state index >= 15 is 0 Å². The summed E-state index contributed by atoms with van der Waals surface area (Å²) < 4.78 is 16.0. The Balaban J connectivity index is 2.07. The molecule has 1 aromatic rings. The summed E-state index contributed by atoms with van der Waals surface area (Å²) in [6, 6.07) is 3.66. The molecule has 2 N–H and O–H groups in total. The van der Waals surface area contributed by atoms with Crippen molar-refractivity contribution in [3.05, 3.63) is 17.7 Å². The Morgan fingerprint density at radius 3 is 2.50 bits per heavy atom. The van der Waals surface area contributed by atoms with Gasteiger partial charge in [0, 0.05) is 24.7 Å². The molecule has 1 heterocycles. The molecular weight excluding hydrogens is 286 g/mol. The molecule has 0 unspecified atom stereocenters. The molecule has 1 aromatic carbocycles. The van der Waals surface area contributed by atoms with E-state index in [2.05, 4.69) is 5.32 Å². The standard InChI is InChI=1S/C16H23NO5/c1-4-16(5-2,15(18)19)9-17-8-11-6-13-14(22-10-21-13)7-12(11)20-3/h6-7,17H,4-5,8-10H2,1-3H3,(H,18,19). The highest BCUT2D eigenvalue weighted by Gasteiger charge is 2.34. The number of aliphatic carboxylic acids is 1. The van der Waals surface area contributed by atoms with Crippen LogP contribution in [0.5, 0.6) is 17.2 Å². The number of carboxylic acid groups (broad SMARTS) is 1. The quantitative estimate of drug-likeness (QED) is 0.768. The Labute approximate surface area is 130 Å².